The number of hydrogen-bond acceptors (Lipinski definition) is 6. The molecule has 0 atom stereocenters. The highest BCUT2D eigenvalue weighted by molar-refractivity contribution is 6.67. The molecule has 0 unspecified atom stereocenters. The molecule has 2 N–H and O–H groups in total. The number of halogens is 1. The van der Waals surface area contributed by atoms with Crippen molar-refractivity contribution in [1.29, 1.82) is 0 Å². The van der Waals surface area contributed by atoms with Crippen LogP contribution in [0, 0.1) is 0 Å². The highest BCUT2D eigenvalue weighted by Gasteiger charge is 2.15. The smallest absolute Gasteiger partial charge is 0.354 e. The van der Waals surface area contributed by atoms with Gasteiger partial charge in [0, 0.05) is 29.1 Å². The van der Waals surface area contributed by atoms with Crippen LogP contribution >= 0.6 is 11.6 Å². The maximum absolute atomic E-state index is 12.5. The van der Waals surface area contributed by atoms with Gasteiger partial charge in [-0.1, -0.05) is 97.1 Å². The van der Waals surface area contributed by atoms with E-state index in [1.807, 2.05) is 84.9 Å². The summed E-state index contributed by atoms with van der Waals surface area (Å²) in [4.78, 5) is 51.4. The molecule has 2 aromatic heterocycles. The van der Waals surface area contributed by atoms with E-state index in [9.17, 15) is 19.2 Å². The number of hydrogen-bond donors (Lipinski definition) is 2. The van der Waals surface area contributed by atoms with E-state index in [2.05, 4.69) is 9.97 Å². The number of esters is 2. The van der Waals surface area contributed by atoms with Crippen LogP contribution in [0.2, 0.25) is 0 Å². The number of carbonyl (C=O) groups excluding carboxylic acids is 4. The van der Waals surface area contributed by atoms with Crippen LogP contribution in [0.5, 0.6) is 0 Å². The number of ether oxygens (including phenoxy) is 2. The Hall–Kier alpha value is -5.99. The Balaban J connectivity index is 0.000000184. The Bertz CT molecular complexity index is 1930. The lowest BCUT2D eigenvalue weighted by Gasteiger charge is -2.03. The molecule has 0 aliphatic carbocycles. The van der Waals surface area contributed by atoms with Crippen LogP contribution in [-0.4, -0.2) is 46.1 Å². The van der Waals surface area contributed by atoms with E-state index < -0.39 is 11.2 Å². The largest absolute Gasteiger partial charge is 0.461 e. The van der Waals surface area contributed by atoms with Gasteiger partial charge in [0.15, 0.2) is 5.78 Å². The predicted molar refractivity (Wildman–Crippen MR) is 191 cm³/mol. The zero-order valence-corrected chi connectivity index (χ0v) is 27.8. The van der Waals surface area contributed by atoms with Gasteiger partial charge in [0.25, 0.3) is 5.24 Å². The van der Waals surface area contributed by atoms with E-state index in [0.29, 0.717) is 35.6 Å². The van der Waals surface area contributed by atoms with Gasteiger partial charge >= 0.3 is 11.9 Å². The minimum absolute atomic E-state index is 0.138. The van der Waals surface area contributed by atoms with Crippen LogP contribution in [0.15, 0.2) is 140 Å². The molecule has 0 fully saturated rings. The minimum Gasteiger partial charge on any atom is -0.461 e. The zero-order valence-electron chi connectivity index (χ0n) is 27.0. The second-order valence-corrected chi connectivity index (χ2v) is 10.7. The van der Waals surface area contributed by atoms with Gasteiger partial charge in [-0.2, -0.15) is 0 Å². The van der Waals surface area contributed by atoms with Gasteiger partial charge < -0.3 is 19.4 Å². The van der Waals surface area contributed by atoms with Crippen molar-refractivity contribution in [2.24, 2.45) is 0 Å². The second-order valence-electron chi connectivity index (χ2n) is 10.3. The van der Waals surface area contributed by atoms with Crippen molar-refractivity contribution < 1.29 is 28.7 Å². The summed E-state index contributed by atoms with van der Waals surface area (Å²) in [5.74, 6) is -0.898. The Kier molecular flexibility index (Phi) is 13.4. The lowest BCUT2D eigenvalue weighted by molar-refractivity contribution is 0.0511. The maximum atomic E-state index is 12.5. The van der Waals surface area contributed by atoms with Gasteiger partial charge in [-0.15, -0.1) is 0 Å². The first kappa shape index (κ1) is 35.9. The summed E-state index contributed by atoms with van der Waals surface area (Å²) in [6.07, 6.45) is 3.21. The zero-order chi connectivity index (χ0) is 35.0. The molecular formula is C40H35ClN2O6. The van der Waals surface area contributed by atoms with Gasteiger partial charge in [-0.05, 0) is 78.0 Å². The van der Waals surface area contributed by atoms with Crippen LogP contribution in [0.1, 0.15) is 61.1 Å². The highest BCUT2D eigenvalue weighted by atomic mass is 35.5. The monoisotopic (exact) mass is 674 g/mol. The van der Waals surface area contributed by atoms with Crippen LogP contribution in [0.3, 0.4) is 0 Å². The quantitative estimate of drug-likeness (QED) is 0.0898. The first-order valence-corrected chi connectivity index (χ1v) is 15.9. The summed E-state index contributed by atoms with van der Waals surface area (Å²) in [5, 5.41) is -0.422. The molecule has 2 heterocycles. The van der Waals surface area contributed by atoms with Crippen LogP contribution in [-0.2, 0) is 9.47 Å². The number of aromatic nitrogens is 2. The molecule has 0 radical (unpaired) electrons. The average Bonchev–Trinajstić information content (AvgIpc) is 3.87. The van der Waals surface area contributed by atoms with Gasteiger partial charge in [-0.25, -0.2) is 9.59 Å². The van der Waals surface area contributed by atoms with Gasteiger partial charge in [0.05, 0.1) is 13.2 Å². The van der Waals surface area contributed by atoms with Crippen molar-refractivity contribution in [3.8, 4) is 22.3 Å². The molecule has 0 aliphatic heterocycles. The number of aromatic amines is 2. The summed E-state index contributed by atoms with van der Waals surface area (Å²) in [7, 11) is 0. The number of rotatable bonds is 9. The molecule has 0 aliphatic rings. The van der Waals surface area contributed by atoms with Crippen molar-refractivity contribution in [3.63, 3.8) is 0 Å². The Morgan fingerprint density at radius 3 is 1.45 bits per heavy atom. The van der Waals surface area contributed by atoms with E-state index in [-0.39, 0.29) is 17.4 Å². The standard InChI is InChI=1S/C20H17NO3.C13H9ClO.C7H9NO2/c1-2-24-20(23)18-12-17(13-21-18)19(22)16-10-8-15(9-11-16)14-6-4-3-5-7-14;14-13(15)12-8-6-11(7-9-12)10-4-2-1-3-5-10;1-2-10-7(9)6-4-3-5-8-6/h3-13,21H,2H2,1H3;1-9H;3-5,8H,2H2,1H3. The minimum atomic E-state index is -0.462. The lowest BCUT2D eigenvalue weighted by Crippen LogP contribution is -2.04. The van der Waals surface area contributed by atoms with E-state index in [4.69, 9.17) is 21.1 Å². The lowest BCUT2D eigenvalue weighted by atomic mass is 10.0. The third-order valence-corrected chi connectivity index (χ3v) is 7.23. The molecule has 0 saturated carbocycles. The first-order valence-electron chi connectivity index (χ1n) is 15.5. The van der Waals surface area contributed by atoms with Crippen molar-refractivity contribution in [2.75, 3.05) is 13.2 Å². The Morgan fingerprint density at radius 2 is 1.00 bits per heavy atom. The van der Waals surface area contributed by atoms with Crippen LogP contribution < -0.4 is 0 Å². The molecule has 4 aromatic carbocycles. The third kappa shape index (κ3) is 10.5. The molecule has 6 rings (SSSR count). The molecule has 0 spiro atoms. The Morgan fingerprint density at radius 1 is 0.531 bits per heavy atom. The molecule has 0 saturated heterocycles. The predicted octanol–water partition coefficient (Wildman–Crippen LogP) is 9.01. The molecule has 0 bridgehead atoms. The number of ketones is 1. The van der Waals surface area contributed by atoms with Gasteiger partial charge in [-0.3, -0.25) is 9.59 Å². The highest BCUT2D eigenvalue weighted by Crippen LogP contribution is 2.21. The first-order chi connectivity index (χ1) is 23.8. The molecule has 49 heavy (non-hydrogen) atoms. The summed E-state index contributed by atoms with van der Waals surface area (Å²) >= 11 is 5.36. The summed E-state index contributed by atoms with van der Waals surface area (Å²) in [5.41, 5.74) is 6.67. The van der Waals surface area contributed by atoms with Crippen molar-refractivity contribution in [2.45, 2.75) is 13.8 Å². The van der Waals surface area contributed by atoms with E-state index in [1.165, 1.54) is 12.3 Å². The van der Waals surface area contributed by atoms with Crippen molar-refractivity contribution in [3.05, 3.63) is 168 Å². The topological polar surface area (TPSA) is 118 Å². The fraction of sp³-hybridized carbons (Fsp3) is 0.100. The average molecular weight is 675 g/mol. The van der Waals surface area contributed by atoms with E-state index in [0.717, 1.165) is 22.3 Å². The summed E-state index contributed by atoms with van der Waals surface area (Å²) < 4.78 is 9.63. The van der Waals surface area contributed by atoms with Crippen LogP contribution in [0.4, 0.5) is 0 Å². The maximum Gasteiger partial charge on any atom is 0.354 e. The van der Waals surface area contributed by atoms with Crippen molar-refractivity contribution in [1.82, 2.24) is 9.97 Å². The number of benzene rings is 4. The molecule has 0 amide bonds. The number of nitrogens with one attached hydrogen (secondary N) is 2. The van der Waals surface area contributed by atoms with E-state index >= 15 is 0 Å². The normalized spacial score (nSPS) is 10.0. The van der Waals surface area contributed by atoms with Crippen molar-refractivity contribution >= 4 is 34.6 Å². The van der Waals surface area contributed by atoms with Gasteiger partial charge in [0.1, 0.15) is 11.4 Å². The molecule has 8 nitrogen and oxygen atoms in total. The summed E-state index contributed by atoms with van der Waals surface area (Å²) in [6.45, 7) is 4.22. The molecular weight excluding hydrogens is 640 g/mol. The molecule has 248 valence electrons. The SMILES string of the molecule is CCOC(=O)c1cc(C(=O)c2ccc(-c3ccccc3)cc2)c[nH]1.CCOC(=O)c1ccc[nH]1.O=C(Cl)c1ccc(-c2ccccc2)cc1. The van der Waals surface area contributed by atoms with E-state index in [1.54, 1.807) is 56.4 Å². The fourth-order valence-electron chi connectivity index (χ4n) is 4.55. The molecule has 6 aromatic rings. The third-order valence-electron chi connectivity index (χ3n) is 7.01. The molecule has 9 heteroatoms. The second kappa shape index (κ2) is 18.4. The Labute approximate surface area is 289 Å². The van der Waals surface area contributed by atoms with Crippen LogP contribution in [0.25, 0.3) is 22.3 Å². The number of H-pyrrole nitrogens is 2. The number of carbonyl (C=O) groups is 4. The fourth-order valence-corrected chi connectivity index (χ4v) is 4.68. The van der Waals surface area contributed by atoms with Gasteiger partial charge in [0.2, 0.25) is 0 Å². The summed E-state index contributed by atoms with van der Waals surface area (Å²) in [6, 6.07) is 39.6.